The number of carbonyl (C=O) groups excluding carboxylic acids is 1. The molecule has 0 fully saturated rings. The molecule has 0 aromatic carbocycles. The summed E-state index contributed by atoms with van der Waals surface area (Å²) in [7, 11) is 0. The smallest absolute Gasteiger partial charge is 0.407 e. The third-order valence-electron chi connectivity index (χ3n) is 2.67. The van der Waals surface area contributed by atoms with Gasteiger partial charge in [-0.05, 0) is 19.3 Å². The van der Waals surface area contributed by atoms with E-state index in [2.05, 4.69) is 11.3 Å². The molecule has 0 N–H and O–H groups in total. The van der Waals surface area contributed by atoms with Crippen molar-refractivity contribution in [2.24, 2.45) is 0 Å². The van der Waals surface area contributed by atoms with Crippen molar-refractivity contribution < 1.29 is 31.5 Å². The van der Waals surface area contributed by atoms with E-state index in [9.17, 15) is 26.7 Å². The van der Waals surface area contributed by atoms with Gasteiger partial charge in [-0.1, -0.05) is 25.8 Å². The van der Waals surface area contributed by atoms with Crippen LogP contribution < -0.4 is 0 Å². The van der Waals surface area contributed by atoms with Crippen LogP contribution in [0.25, 0.3) is 0 Å². The predicted octanol–water partition coefficient (Wildman–Crippen LogP) is 4.29. The summed E-state index contributed by atoms with van der Waals surface area (Å²) in [5.74, 6) is -12.7. The maximum Gasteiger partial charge on any atom is 0.407 e. The second-order valence-corrected chi connectivity index (χ2v) is 4.37. The fraction of sp³-hybridized carbons (Fsp3) is 0.769. The minimum Gasteiger partial charge on any atom is -0.461 e. The molecule has 0 aromatic heterocycles. The van der Waals surface area contributed by atoms with E-state index in [-0.39, 0.29) is 13.0 Å². The van der Waals surface area contributed by atoms with Crippen LogP contribution in [-0.4, -0.2) is 30.6 Å². The quantitative estimate of drug-likeness (QED) is 0.260. The Morgan fingerprint density at radius 2 is 1.90 bits per heavy atom. The van der Waals surface area contributed by atoms with Crippen molar-refractivity contribution in [1.29, 1.82) is 0 Å². The maximum atomic E-state index is 13.3. The molecule has 0 radical (unpaired) electrons. The zero-order chi connectivity index (χ0) is 15.8. The molecule has 7 heteroatoms. The maximum absolute atomic E-state index is 13.3. The zero-order valence-electron chi connectivity index (χ0n) is 11.3. The first-order chi connectivity index (χ1) is 9.21. The molecule has 0 aliphatic rings. The number of esters is 1. The Labute approximate surface area is 115 Å². The zero-order valence-corrected chi connectivity index (χ0v) is 11.3. The molecule has 0 saturated heterocycles. The first kappa shape index (κ1) is 18.9. The van der Waals surface area contributed by atoms with Gasteiger partial charge in [-0.2, -0.15) is 17.6 Å². The Bertz CT molecular complexity index is 318. The van der Waals surface area contributed by atoms with E-state index in [4.69, 9.17) is 0 Å². The van der Waals surface area contributed by atoms with E-state index < -0.39 is 30.4 Å². The number of rotatable bonds is 10. The molecule has 20 heavy (non-hydrogen) atoms. The Hall–Kier alpha value is -1.14. The van der Waals surface area contributed by atoms with Crippen molar-refractivity contribution in [3.05, 3.63) is 12.7 Å². The lowest BCUT2D eigenvalue weighted by molar-refractivity contribution is -0.247. The van der Waals surface area contributed by atoms with Gasteiger partial charge in [0.05, 0.1) is 6.61 Å². The van der Waals surface area contributed by atoms with E-state index in [0.717, 1.165) is 12.5 Å². The summed E-state index contributed by atoms with van der Waals surface area (Å²) in [6, 6.07) is 0. The molecule has 118 valence electrons. The third kappa shape index (κ3) is 4.76. The lowest BCUT2D eigenvalue weighted by atomic mass is 10.0. The molecule has 0 aliphatic carbocycles. The van der Waals surface area contributed by atoms with Crippen molar-refractivity contribution >= 4 is 5.97 Å². The van der Waals surface area contributed by atoms with Gasteiger partial charge in [0.2, 0.25) is 0 Å². The Morgan fingerprint density at radius 1 is 1.30 bits per heavy atom. The summed E-state index contributed by atoms with van der Waals surface area (Å²) < 4.78 is 70.4. The lowest BCUT2D eigenvalue weighted by Gasteiger charge is -2.27. The molecular formula is C13H19F5O2. The molecule has 1 unspecified atom stereocenters. The standard InChI is InChI=1S/C13H19F5O2/c1-3-5-7-9-20-11(19)13(17,18)12(15,16)10(14)8-6-4-2/h4,10H,2-3,5-9H2,1H3. The van der Waals surface area contributed by atoms with E-state index in [1.165, 1.54) is 0 Å². The SMILES string of the molecule is C=CCCC(F)C(F)(F)C(F)(F)C(=O)OCCCCC. The summed E-state index contributed by atoms with van der Waals surface area (Å²) in [6.45, 7) is 4.62. The van der Waals surface area contributed by atoms with Gasteiger partial charge in [0, 0.05) is 0 Å². The highest BCUT2D eigenvalue weighted by Crippen LogP contribution is 2.41. The average Bonchev–Trinajstić information content (AvgIpc) is 2.40. The van der Waals surface area contributed by atoms with Crippen LogP contribution in [0, 0.1) is 0 Å². The summed E-state index contributed by atoms with van der Waals surface area (Å²) in [5.41, 5.74) is 0. The van der Waals surface area contributed by atoms with Crippen molar-refractivity contribution in [3.8, 4) is 0 Å². The molecular weight excluding hydrogens is 283 g/mol. The van der Waals surface area contributed by atoms with Gasteiger partial charge in [0.25, 0.3) is 0 Å². The van der Waals surface area contributed by atoms with Crippen LogP contribution in [0.3, 0.4) is 0 Å². The number of unbranched alkanes of at least 4 members (excludes halogenated alkanes) is 2. The molecule has 0 spiro atoms. The highest BCUT2D eigenvalue weighted by molar-refractivity contribution is 5.79. The van der Waals surface area contributed by atoms with Crippen molar-refractivity contribution in [2.45, 2.75) is 57.0 Å². The second-order valence-electron chi connectivity index (χ2n) is 4.37. The predicted molar refractivity (Wildman–Crippen MR) is 64.7 cm³/mol. The van der Waals surface area contributed by atoms with Crippen molar-refractivity contribution in [3.63, 3.8) is 0 Å². The van der Waals surface area contributed by atoms with Gasteiger partial charge < -0.3 is 4.74 Å². The Morgan fingerprint density at radius 3 is 2.40 bits per heavy atom. The molecule has 2 nitrogen and oxygen atoms in total. The number of ether oxygens (including phenoxy) is 1. The molecule has 0 heterocycles. The molecule has 0 aliphatic heterocycles. The largest absolute Gasteiger partial charge is 0.461 e. The molecule has 0 rings (SSSR count). The minimum absolute atomic E-state index is 0.196. The van der Waals surface area contributed by atoms with Crippen molar-refractivity contribution in [2.75, 3.05) is 6.61 Å². The van der Waals surface area contributed by atoms with Crippen LogP contribution in [0.2, 0.25) is 0 Å². The second kappa shape index (κ2) is 8.21. The Balaban J connectivity index is 4.63. The first-order valence-electron chi connectivity index (χ1n) is 6.39. The van der Waals surface area contributed by atoms with Gasteiger partial charge in [-0.3, -0.25) is 0 Å². The van der Waals surface area contributed by atoms with Gasteiger partial charge in [-0.15, -0.1) is 6.58 Å². The highest BCUT2D eigenvalue weighted by Gasteiger charge is 2.67. The fourth-order valence-electron chi connectivity index (χ4n) is 1.39. The third-order valence-corrected chi connectivity index (χ3v) is 2.67. The molecule has 0 aromatic rings. The van der Waals surface area contributed by atoms with E-state index in [1.54, 1.807) is 0 Å². The number of hydrogen-bond donors (Lipinski definition) is 0. The Kier molecular flexibility index (Phi) is 7.75. The summed E-state index contributed by atoms with van der Waals surface area (Å²) in [6.07, 6.45) is -1.39. The van der Waals surface area contributed by atoms with Crippen molar-refractivity contribution in [1.82, 2.24) is 0 Å². The lowest BCUT2D eigenvalue weighted by Crippen LogP contribution is -2.53. The molecule has 0 amide bonds. The van der Waals surface area contributed by atoms with E-state index >= 15 is 0 Å². The summed E-state index contributed by atoms with van der Waals surface area (Å²) >= 11 is 0. The van der Waals surface area contributed by atoms with E-state index in [1.807, 2.05) is 6.92 Å². The number of alkyl halides is 5. The van der Waals surface area contributed by atoms with Gasteiger partial charge in [0.1, 0.15) is 0 Å². The van der Waals surface area contributed by atoms with Gasteiger partial charge in [0.15, 0.2) is 6.17 Å². The van der Waals surface area contributed by atoms with Crippen LogP contribution in [0.1, 0.15) is 39.0 Å². The number of carbonyl (C=O) groups is 1. The molecule has 0 saturated carbocycles. The summed E-state index contributed by atoms with van der Waals surface area (Å²) in [4.78, 5) is 11.0. The van der Waals surface area contributed by atoms with Crippen LogP contribution in [0.5, 0.6) is 0 Å². The van der Waals surface area contributed by atoms with E-state index in [0.29, 0.717) is 12.8 Å². The van der Waals surface area contributed by atoms with Gasteiger partial charge >= 0.3 is 17.8 Å². The molecule has 1 atom stereocenters. The molecule has 0 bridgehead atoms. The summed E-state index contributed by atoms with van der Waals surface area (Å²) in [5, 5.41) is 0. The van der Waals surface area contributed by atoms with Crippen LogP contribution >= 0.6 is 0 Å². The monoisotopic (exact) mass is 302 g/mol. The number of halogens is 5. The topological polar surface area (TPSA) is 26.3 Å². The fourth-order valence-corrected chi connectivity index (χ4v) is 1.39. The normalized spacial score (nSPS) is 13.9. The average molecular weight is 302 g/mol. The minimum atomic E-state index is -5.18. The van der Waals surface area contributed by atoms with Crippen LogP contribution in [0.15, 0.2) is 12.7 Å². The number of allylic oxidation sites excluding steroid dienone is 1. The van der Waals surface area contributed by atoms with Crippen LogP contribution in [0.4, 0.5) is 22.0 Å². The van der Waals surface area contributed by atoms with Gasteiger partial charge in [-0.25, -0.2) is 9.18 Å². The highest BCUT2D eigenvalue weighted by atomic mass is 19.3. The number of hydrogen-bond acceptors (Lipinski definition) is 2. The van der Waals surface area contributed by atoms with Crippen LogP contribution in [-0.2, 0) is 9.53 Å². The first-order valence-corrected chi connectivity index (χ1v) is 6.39.